The van der Waals surface area contributed by atoms with Gasteiger partial charge in [0, 0.05) is 12.1 Å². The molecule has 0 fully saturated rings. The van der Waals surface area contributed by atoms with Crippen molar-refractivity contribution < 1.29 is 19.1 Å². The highest BCUT2D eigenvalue weighted by atomic mass is 27.5. The van der Waals surface area contributed by atoms with E-state index in [1.165, 1.54) is 0 Å². The van der Waals surface area contributed by atoms with E-state index in [2.05, 4.69) is 4.98 Å². The Morgan fingerprint density at radius 2 is 1.18 bits per heavy atom. The minimum Gasteiger partial charge on any atom is -0.510 e. The minimum absolute atomic E-state index is 1.88. The first-order valence-corrected chi connectivity index (χ1v) is 4.53. The summed E-state index contributed by atoms with van der Waals surface area (Å²) >= 11 is -6.83. The Labute approximate surface area is 65.3 Å². The minimum atomic E-state index is -6.83. The summed E-state index contributed by atoms with van der Waals surface area (Å²) in [4.78, 5) is 2.89. The molecule has 0 bridgehead atoms. The van der Waals surface area contributed by atoms with Gasteiger partial charge in [-0.25, -0.2) is 4.98 Å². The Kier molecular flexibility index (Phi) is 4.83. The molecular formula is C5H6AlF4N. The van der Waals surface area contributed by atoms with Crippen LogP contribution >= 0.6 is 0 Å². The fourth-order valence-corrected chi connectivity index (χ4v) is 0.342. The highest BCUT2D eigenvalue weighted by Crippen LogP contribution is 2.06. The number of rotatable bonds is 0. The lowest BCUT2D eigenvalue weighted by Gasteiger charge is -1.88. The van der Waals surface area contributed by atoms with Crippen molar-refractivity contribution in [1.29, 1.82) is 0 Å². The third-order valence-electron chi connectivity index (χ3n) is 0.607. The van der Waals surface area contributed by atoms with Crippen LogP contribution in [-0.2, 0) is 0 Å². The summed E-state index contributed by atoms with van der Waals surface area (Å²) in [6.45, 7) is 0. The molecule has 1 heterocycles. The molecule has 1 N–H and O–H groups in total. The van der Waals surface area contributed by atoms with Crippen molar-refractivity contribution in [2.24, 2.45) is 0 Å². The Bertz CT molecular complexity index is 143. The van der Waals surface area contributed by atoms with Gasteiger partial charge in [0.25, 0.3) is 0 Å². The summed E-state index contributed by atoms with van der Waals surface area (Å²) in [5, 5.41) is 0. The lowest BCUT2D eigenvalue weighted by Crippen LogP contribution is -2.02. The number of hydrogen-bond acceptors (Lipinski definition) is 0. The fourth-order valence-electron chi connectivity index (χ4n) is 0.342. The smallest absolute Gasteiger partial charge is 0.510 e. The van der Waals surface area contributed by atoms with Crippen LogP contribution in [0, 0.1) is 0 Å². The Morgan fingerprint density at radius 1 is 0.818 bits per heavy atom. The molecule has 11 heavy (non-hydrogen) atoms. The van der Waals surface area contributed by atoms with Gasteiger partial charge in [-0.3, -0.25) is 0 Å². The van der Waals surface area contributed by atoms with E-state index in [-0.39, 0.29) is 0 Å². The average molecular weight is 183 g/mol. The number of aromatic amines is 1. The van der Waals surface area contributed by atoms with Gasteiger partial charge in [0.15, 0.2) is 12.4 Å². The standard InChI is InChI=1S/C5H5N.Al.4FH/c1-2-4-6-5-3-1;;;;;/h1-5H;;4*1H/q;+3;;;;/p-3. The Balaban J connectivity index is 0.000000187. The first kappa shape index (κ1) is 10.4. The second-order valence-electron chi connectivity index (χ2n) is 1.57. The first-order chi connectivity index (χ1) is 5.00. The zero-order chi connectivity index (χ0) is 8.74. The SMILES string of the molecule is [F][Al-]([F])([F])[F].c1cc[nH+]cc1. The lowest BCUT2D eigenvalue weighted by molar-refractivity contribution is -0.377. The summed E-state index contributed by atoms with van der Waals surface area (Å²) in [5.74, 6) is 0. The van der Waals surface area contributed by atoms with E-state index in [0.29, 0.717) is 0 Å². The molecule has 6 heteroatoms. The Hall–Kier alpha value is -0.598. The summed E-state index contributed by atoms with van der Waals surface area (Å²) in [7, 11) is 0. The first-order valence-electron chi connectivity index (χ1n) is 2.78. The molecule has 0 aliphatic rings. The molecular weight excluding hydrogens is 177 g/mol. The van der Waals surface area contributed by atoms with Crippen molar-refractivity contribution in [3.63, 3.8) is 0 Å². The predicted octanol–water partition coefficient (Wildman–Crippen LogP) is 1.80. The number of nitrogens with one attached hydrogen (secondary N) is 1. The number of aromatic nitrogens is 1. The molecule has 0 spiro atoms. The van der Waals surface area contributed by atoms with Crippen LogP contribution in [0.3, 0.4) is 0 Å². The molecule has 0 aliphatic carbocycles. The van der Waals surface area contributed by atoms with Crippen LogP contribution in [0.2, 0.25) is 0 Å². The van der Waals surface area contributed by atoms with Gasteiger partial charge in [-0.05, 0) is 0 Å². The van der Waals surface area contributed by atoms with E-state index in [0.717, 1.165) is 0 Å². The van der Waals surface area contributed by atoms with Gasteiger partial charge in [0.2, 0.25) is 0 Å². The molecule has 1 nitrogen and oxygen atoms in total. The van der Waals surface area contributed by atoms with E-state index >= 15 is 0 Å². The summed E-state index contributed by atoms with van der Waals surface area (Å²) in [6, 6.07) is 5.86. The number of hydrogen-bond donors (Lipinski definition) is 0. The van der Waals surface area contributed by atoms with Gasteiger partial charge in [-0.2, -0.15) is 0 Å². The van der Waals surface area contributed by atoms with Crippen LogP contribution in [0.1, 0.15) is 0 Å². The van der Waals surface area contributed by atoms with Crippen molar-refractivity contribution in [2.75, 3.05) is 0 Å². The molecule has 0 aliphatic heterocycles. The van der Waals surface area contributed by atoms with Crippen LogP contribution < -0.4 is 4.98 Å². The fraction of sp³-hybridized carbons (Fsp3) is 0. The molecule has 1 aromatic heterocycles. The summed E-state index contributed by atoms with van der Waals surface area (Å²) in [5.41, 5.74) is 0. The maximum Gasteiger partial charge on any atom is 1.04 e. The van der Waals surface area contributed by atoms with E-state index < -0.39 is 14.9 Å². The van der Waals surface area contributed by atoms with E-state index in [1.54, 1.807) is 0 Å². The number of pyridine rings is 1. The van der Waals surface area contributed by atoms with Crippen LogP contribution in [0.5, 0.6) is 0 Å². The third-order valence-corrected chi connectivity index (χ3v) is 0.607. The zero-order valence-electron chi connectivity index (χ0n) is 5.48. The van der Waals surface area contributed by atoms with Gasteiger partial charge >= 0.3 is 14.9 Å². The molecule has 0 amide bonds. The van der Waals surface area contributed by atoms with E-state index in [1.807, 2.05) is 30.6 Å². The molecule has 0 saturated heterocycles. The second kappa shape index (κ2) is 5.11. The molecule has 0 saturated carbocycles. The zero-order valence-corrected chi connectivity index (χ0v) is 6.63. The molecule has 1 rings (SSSR count). The van der Waals surface area contributed by atoms with Gasteiger partial charge in [-0.1, -0.05) is 6.07 Å². The van der Waals surface area contributed by atoms with Crippen molar-refractivity contribution in [2.45, 2.75) is 0 Å². The average Bonchev–Trinajstić information content (AvgIpc) is 1.88. The molecule has 62 valence electrons. The molecule has 1 aromatic rings. The molecule has 0 atom stereocenters. The molecule has 0 radical (unpaired) electrons. The Morgan fingerprint density at radius 3 is 1.27 bits per heavy atom. The van der Waals surface area contributed by atoms with Crippen molar-refractivity contribution in [3.8, 4) is 0 Å². The van der Waals surface area contributed by atoms with Gasteiger partial charge < -0.3 is 14.1 Å². The van der Waals surface area contributed by atoms with Crippen LogP contribution in [-0.4, -0.2) is 14.9 Å². The summed E-state index contributed by atoms with van der Waals surface area (Å²) in [6.07, 6.45) is 3.75. The maximum atomic E-state index is 9.85. The normalized spacial score (nSPS) is 9.82. The topological polar surface area (TPSA) is 14.1 Å². The van der Waals surface area contributed by atoms with Crippen LogP contribution in [0.15, 0.2) is 30.6 Å². The van der Waals surface area contributed by atoms with Crippen LogP contribution in [0.4, 0.5) is 14.1 Å². The van der Waals surface area contributed by atoms with Gasteiger partial charge in [-0.15, -0.1) is 0 Å². The summed E-state index contributed by atoms with van der Waals surface area (Å²) < 4.78 is 39.4. The largest absolute Gasteiger partial charge is 1.04 e. The quantitative estimate of drug-likeness (QED) is 0.430. The maximum absolute atomic E-state index is 9.85. The predicted molar refractivity (Wildman–Crippen MR) is 33.2 cm³/mol. The molecule has 0 unspecified atom stereocenters. The molecule has 0 aromatic carbocycles. The number of H-pyrrole nitrogens is 1. The second-order valence-corrected chi connectivity index (χ2v) is 2.56. The van der Waals surface area contributed by atoms with Crippen LogP contribution in [0.25, 0.3) is 0 Å². The third kappa shape index (κ3) is 17.7. The van der Waals surface area contributed by atoms with Gasteiger partial charge in [0.05, 0.1) is 0 Å². The van der Waals surface area contributed by atoms with Gasteiger partial charge in [0.1, 0.15) is 0 Å². The monoisotopic (exact) mass is 183 g/mol. The lowest BCUT2D eigenvalue weighted by atomic mass is 10.5. The van der Waals surface area contributed by atoms with E-state index in [4.69, 9.17) is 0 Å². The van der Waals surface area contributed by atoms with E-state index in [9.17, 15) is 14.1 Å². The van der Waals surface area contributed by atoms with Crippen molar-refractivity contribution in [1.82, 2.24) is 0 Å². The van der Waals surface area contributed by atoms with Crippen molar-refractivity contribution in [3.05, 3.63) is 30.6 Å². The van der Waals surface area contributed by atoms with Crippen molar-refractivity contribution >= 4 is 14.9 Å². The highest BCUT2D eigenvalue weighted by molar-refractivity contribution is 6.50. The number of halogens is 4. The highest BCUT2D eigenvalue weighted by Gasteiger charge is 2.41.